The van der Waals surface area contributed by atoms with Gasteiger partial charge in [0.2, 0.25) is 10.0 Å². The lowest BCUT2D eigenvalue weighted by Crippen LogP contribution is -2.46. The standard InChI is InChI=1S/C14H30N2O4S/c1-15(2)21(18,19)11-5-9-16-8-4-6-14(12-16,13-17)7-10-20-3/h17H,4-13H2,1-3H3/t14-/m1/s1. The molecular formula is C14H30N2O4S. The number of piperidine rings is 1. The first kappa shape index (κ1) is 18.8. The summed E-state index contributed by atoms with van der Waals surface area (Å²) in [5, 5.41) is 9.73. The lowest BCUT2D eigenvalue weighted by molar-refractivity contribution is 0.00771. The van der Waals surface area contributed by atoms with E-state index in [1.165, 1.54) is 4.31 Å². The molecule has 1 saturated heterocycles. The minimum atomic E-state index is -3.11. The Balaban J connectivity index is 2.45. The molecule has 7 heteroatoms. The molecule has 0 saturated carbocycles. The van der Waals surface area contributed by atoms with Crippen LogP contribution in [0.3, 0.4) is 0 Å². The zero-order valence-electron chi connectivity index (χ0n) is 13.5. The summed E-state index contributed by atoms with van der Waals surface area (Å²) in [5.41, 5.74) is -0.0886. The van der Waals surface area contributed by atoms with Gasteiger partial charge < -0.3 is 14.7 Å². The molecule has 0 radical (unpaired) electrons. The number of aliphatic hydroxyl groups is 1. The second-order valence-corrected chi connectivity index (χ2v) is 8.53. The minimum absolute atomic E-state index is 0.0886. The predicted molar refractivity (Wildman–Crippen MR) is 83.8 cm³/mol. The van der Waals surface area contributed by atoms with Crippen LogP contribution in [0.4, 0.5) is 0 Å². The lowest BCUT2D eigenvalue weighted by atomic mass is 9.78. The summed E-state index contributed by atoms with van der Waals surface area (Å²) >= 11 is 0. The minimum Gasteiger partial charge on any atom is -0.396 e. The number of rotatable bonds is 9. The number of hydrogen-bond donors (Lipinski definition) is 1. The number of nitrogens with zero attached hydrogens (tertiary/aromatic N) is 2. The van der Waals surface area contributed by atoms with E-state index in [0.717, 1.165) is 38.9 Å². The van der Waals surface area contributed by atoms with Crippen molar-refractivity contribution in [1.29, 1.82) is 0 Å². The number of aliphatic hydroxyl groups excluding tert-OH is 1. The highest BCUT2D eigenvalue weighted by Gasteiger charge is 2.34. The van der Waals surface area contributed by atoms with Gasteiger partial charge in [0.15, 0.2) is 0 Å². The van der Waals surface area contributed by atoms with Crippen LogP contribution in [0.5, 0.6) is 0 Å². The molecule has 0 amide bonds. The Morgan fingerprint density at radius 3 is 2.67 bits per heavy atom. The highest BCUT2D eigenvalue weighted by atomic mass is 32.2. The van der Waals surface area contributed by atoms with Gasteiger partial charge in [0, 0.05) is 39.8 Å². The van der Waals surface area contributed by atoms with Crippen molar-refractivity contribution < 1.29 is 18.3 Å². The van der Waals surface area contributed by atoms with Crippen LogP contribution in [0, 0.1) is 5.41 Å². The van der Waals surface area contributed by atoms with E-state index < -0.39 is 10.0 Å². The molecule has 0 aromatic rings. The van der Waals surface area contributed by atoms with E-state index in [-0.39, 0.29) is 17.8 Å². The fourth-order valence-corrected chi connectivity index (χ4v) is 3.74. The van der Waals surface area contributed by atoms with Crippen molar-refractivity contribution in [2.45, 2.75) is 25.7 Å². The van der Waals surface area contributed by atoms with E-state index in [1.807, 2.05) is 0 Å². The molecule has 0 aliphatic carbocycles. The van der Waals surface area contributed by atoms with Crippen molar-refractivity contribution in [1.82, 2.24) is 9.21 Å². The summed E-state index contributed by atoms with van der Waals surface area (Å²) in [6, 6.07) is 0. The molecule has 1 aliphatic heterocycles. The third-order valence-corrected chi connectivity index (χ3v) is 6.26. The molecule has 0 spiro atoms. The Morgan fingerprint density at radius 1 is 1.38 bits per heavy atom. The summed E-state index contributed by atoms with van der Waals surface area (Å²) in [4.78, 5) is 2.28. The van der Waals surface area contributed by atoms with Crippen LogP contribution in [0.2, 0.25) is 0 Å². The monoisotopic (exact) mass is 322 g/mol. The van der Waals surface area contributed by atoms with Gasteiger partial charge >= 0.3 is 0 Å². The third-order valence-electron chi connectivity index (χ3n) is 4.35. The molecule has 1 atom stereocenters. The molecule has 0 aromatic carbocycles. The zero-order chi connectivity index (χ0) is 15.9. The smallest absolute Gasteiger partial charge is 0.213 e. The first-order chi connectivity index (χ1) is 9.85. The average Bonchev–Trinajstić information content (AvgIpc) is 2.45. The van der Waals surface area contributed by atoms with Gasteiger partial charge in [-0.25, -0.2) is 12.7 Å². The second kappa shape index (κ2) is 8.43. The Hall–Kier alpha value is -0.210. The van der Waals surface area contributed by atoms with E-state index in [9.17, 15) is 13.5 Å². The predicted octanol–water partition coefficient (Wildman–Crippen LogP) is 0.379. The quantitative estimate of drug-likeness (QED) is 0.664. The van der Waals surface area contributed by atoms with Crippen molar-refractivity contribution in [2.75, 3.05) is 59.8 Å². The number of methoxy groups -OCH3 is 1. The van der Waals surface area contributed by atoms with Crippen molar-refractivity contribution >= 4 is 10.0 Å². The van der Waals surface area contributed by atoms with E-state index in [2.05, 4.69) is 4.90 Å². The second-order valence-electron chi connectivity index (χ2n) is 6.23. The Morgan fingerprint density at radius 2 is 2.10 bits per heavy atom. The van der Waals surface area contributed by atoms with Crippen LogP contribution in [0.15, 0.2) is 0 Å². The number of sulfonamides is 1. The molecule has 0 aromatic heterocycles. The number of ether oxygens (including phenoxy) is 1. The highest BCUT2D eigenvalue weighted by Crippen LogP contribution is 2.33. The molecule has 0 unspecified atom stereocenters. The molecule has 1 rings (SSSR count). The van der Waals surface area contributed by atoms with E-state index >= 15 is 0 Å². The largest absolute Gasteiger partial charge is 0.396 e. The van der Waals surface area contributed by atoms with Crippen molar-refractivity contribution in [3.63, 3.8) is 0 Å². The van der Waals surface area contributed by atoms with Gasteiger partial charge in [-0.05, 0) is 38.8 Å². The molecule has 1 heterocycles. The van der Waals surface area contributed by atoms with E-state index in [0.29, 0.717) is 13.0 Å². The van der Waals surface area contributed by atoms with Gasteiger partial charge in [-0.15, -0.1) is 0 Å². The maximum Gasteiger partial charge on any atom is 0.213 e. The maximum atomic E-state index is 11.7. The summed E-state index contributed by atoms with van der Waals surface area (Å²) in [6.45, 7) is 3.40. The molecule has 1 aliphatic rings. The van der Waals surface area contributed by atoms with Gasteiger partial charge in [-0.1, -0.05) is 0 Å². The zero-order valence-corrected chi connectivity index (χ0v) is 14.4. The van der Waals surface area contributed by atoms with Gasteiger partial charge in [-0.3, -0.25) is 0 Å². The third kappa shape index (κ3) is 5.83. The molecule has 21 heavy (non-hydrogen) atoms. The first-order valence-electron chi connectivity index (χ1n) is 7.58. The van der Waals surface area contributed by atoms with Gasteiger partial charge in [0.05, 0.1) is 12.4 Å². The topological polar surface area (TPSA) is 70.1 Å². The van der Waals surface area contributed by atoms with Gasteiger partial charge in [0.25, 0.3) is 0 Å². The van der Waals surface area contributed by atoms with E-state index in [1.54, 1.807) is 21.2 Å². The Bertz CT molecular complexity index is 400. The molecular weight excluding hydrogens is 292 g/mol. The Kier molecular flexibility index (Phi) is 7.56. The van der Waals surface area contributed by atoms with Crippen LogP contribution in [-0.2, 0) is 14.8 Å². The van der Waals surface area contributed by atoms with Crippen molar-refractivity contribution in [3.05, 3.63) is 0 Å². The first-order valence-corrected chi connectivity index (χ1v) is 9.18. The molecule has 0 bridgehead atoms. The number of likely N-dealkylation sites (tertiary alicyclic amines) is 1. The highest BCUT2D eigenvalue weighted by molar-refractivity contribution is 7.89. The van der Waals surface area contributed by atoms with Crippen LogP contribution < -0.4 is 0 Å². The SMILES string of the molecule is COCC[C@]1(CO)CCCN(CCCS(=O)(=O)N(C)C)C1. The van der Waals surface area contributed by atoms with Crippen LogP contribution in [0.1, 0.15) is 25.7 Å². The summed E-state index contributed by atoms with van der Waals surface area (Å²) in [7, 11) is 1.70. The maximum absolute atomic E-state index is 11.7. The van der Waals surface area contributed by atoms with Crippen LogP contribution in [0.25, 0.3) is 0 Å². The summed E-state index contributed by atoms with van der Waals surface area (Å²) in [6.07, 6.45) is 3.54. The van der Waals surface area contributed by atoms with Crippen LogP contribution >= 0.6 is 0 Å². The van der Waals surface area contributed by atoms with Crippen LogP contribution in [-0.4, -0.2) is 82.5 Å². The summed E-state index contributed by atoms with van der Waals surface area (Å²) < 4.78 is 29.9. The molecule has 1 fully saturated rings. The van der Waals surface area contributed by atoms with E-state index in [4.69, 9.17) is 4.74 Å². The normalized spacial score (nSPS) is 24.6. The summed E-state index contributed by atoms with van der Waals surface area (Å²) in [5.74, 6) is 0.181. The fraction of sp³-hybridized carbons (Fsp3) is 1.00. The molecule has 126 valence electrons. The average molecular weight is 322 g/mol. The lowest BCUT2D eigenvalue weighted by Gasteiger charge is -2.42. The number of hydrogen-bond acceptors (Lipinski definition) is 5. The van der Waals surface area contributed by atoms with Crippen molar-refractivity contribution in [2.24, 2.45) is 5.41 Å². The molecule has 1 N–H and O–H groups in total. The van der Waals surface area contributed by atoms with Gasteiger partial charge in [0.1, 0.15) is 0 Å². The molecule has 6 nitrogen and oxygen atoms in total. The van der Waals surface area contributed by atoms with Crippen molar-refractivity contribution in [3.8, 4) is 0 Å². The fourth-order valence-electron chi connectivity index (χ4n) is 2.88. The van der Waals surface area contributed by atoms with Gasteiger partial charge in [-0.2, -0.15) is 0 Å². The Labute approximate surface area is 129 Å².